The number of halogens is 1. The highest BCUT2D eigenvalue weighted by molar-refractivity contribution is 6.31. The molecule has 5 rings (SSSR count). The van der Waals surface area contributed by atoms with Gasteiger partial charge in [-0.25, -0.2) is 0 Å². The fourth-order valence-electron chi connectivity index (χ4n) is 5.00. The Hall–Kier alpha value is -2.82. The number of anilines is 1. The molecule has 1 aliphatic rings. The number of rotatable bonds is 5. The number of amides is 1. The van der Waals surface area contributed by atoms with Crippen LogP contribution in [-0.2, 0) is 17.9 Å². The van der Waals surface area contributed by atoms with E-state index in [2.05, 4.69) is 64.2 Å². The van der Waals surface area contributed by atoms with Crippen molar-refractivity contribution < 1.29 is 4.79 Å². The van der Waals surface area contributed by atoms with Gasteiger partial charge in [0.25, 0.3) is 0 Å². The first-order valence-corrected chi connectivity index (χ1v) is 11.8. The second kappa shape index (κ2) is 8.97. The molecule has 1 fully saturated rings. The Kier molecular flexibility index (Phi) is 5.90. The van der Waals surface area contributed by atoms with Crippen LogP contribution in [0.1, 0.15) is 25.3 Å². The van der Waals surface area contributed by atoms with Crippen LogP contribution in [0.5, 0.6) is 0 Å². The van der Waals surface area contributed by atoms with Gasteiger partial charge in [-0.05, 0) is 62.2 Å². The molecule has 2 heterocycles. The Balaban J connectivity index is 1.33. The quantitative estimate of drug-likeness (QED) is 0.390. The van der Waals surface area contributed by atoms with Crippen LogP contribution in [0, 0.1) is 5.92 Å². The maximum Gasteiger partial charge on any atom is 0.228 e. The van der Waals surface area contributed by atoms with E-state index >= 15 is 0 Å². The van der Waals surface area contributed by atoms with Crippen molar-refractivity contribution in [1.82, 2.24) is 9.47 Å². The highest BCUT2D eigenvalue weighted by Crippen LogP contribution is 2.31. The summed E-state index contributed by atoms with van der Waals surface area (Å²) in [4.78, 5) is 15.5. The third-order valence-corrected chi connectivity index (χ3v) is 6.95. The van der Waals surface area contributed by atoms with Gasteiger partial charge in [0, 0.05) is 52.2 Å². The van der Waals surface area contributed by atoms with Gasteiger partial charge < -0.3 is 9.88 Å². The molecule has 0 unspecified atom stereocenters. The normalized spacial score (nSPS) is 17.1. The summed E-state index contributed by atoms with van der Waals surface area (Å²) < 4.78 is 2.32. The minimum atomic E-state index is -0.0149. The average Bonchev–Trinajstić information content (AvgIpc) is 3.14. The Bertz CT molecular complexity index is 1280. The monoisotopic (exact) mass is 445 g/mol. The topological polar surface area (TPSA) is 37.3 Å². The molecule has 5 heteroatoms. The first-order valence-electron chi connectivity index (χ1n) is 11.4. The molecule has 0 spiro atoms. The summed E-state index contributed by atoms with van der Waals surface area (Å²) in [5.74, 6) is 0.0892. The SMILES string of the molecule is CCn1c2ccccc2c2cc(NC(=O)[C@@H]3CCCN(Cc4ccccc4Cl)C3)ccc21. The Morgan fingerprint density at radius 3 is 2.66 bits per heavy atom. The highest BCUT2D eigenvalue weighted by Gasteiger charge is 2.26. The number of hydrogen-bond donors (Lipinski definition) is 1. The highest BCUT2D eigenvalue weighted by atomic mass is 35.5. The molecule has 0 bridgehead atoms. The van der Waals surface area contributed by atoms with Gasteiger partial charge in [-0.3, -0.25) is 9.69 Å². The van der Waals surface area contributed by atoms with Crippen molar-refractivity contribution in [3.63, 3.8) is 0 Å². The van der Waals surface area contributed by atoms with Crippen LogP contribution < -0.4 is 5.32 Å². The van der Waals surface area contributed by atoms with Crippen molar-refractivity contribution in [3.8, 4) is 0 Å². The lowest BCUT2D eigenvalue weighted by Crippen LogP contribution is -2.40. The fourth-order valence-corrected chi connectivity index (χ4v) is 5.19. The standard InChI is InChI=1S/C27H28ClN3O/c1-2-31-25-12-6-4-10-22(25)23-16-21(13-14-26(23)31)29-27(32)20-9-7-15-30(18-20)17-19-8-3-5-11-24(19)28/h3-6,8,10-14,16,20H,2,7,9,15,17-18H2,1H3,(H,29,32)/t20-/m1/s1. The molecular formula is C27H28ClN3O. The number of benzene rings is 3. The summed E-state index contributed by atoms with van der Waals surface area (Å²) in [6.07, 6.45) is 1.94. The number of nitrogens with one attached hydrogen (secondary N) is 1. The van der Waals surface area contributed by atoms with Gasteiger partial charge in [-0.15, -0.1) is 0 Å². The number of hydrogen-bond acceptors (Lipinski definition) is 2. The first kappa shape index (κ1) is 21.0. The second-order valence-electron chi connectivity index (χ2n) is 8.65. The second-order valence-corrected chi connectivity index (χ2v) is 9.06. The maximum absolute atomic E-state index is 13.1. The van der Waals surface area contributed by atoms with Crippen molar-refractivity contribution in [2.75, 3.05) is 18.4 Å². The molecule has 164 valence electrons. The van der Waals surface area contributed by atoms with Crippen LogP contribution in [0.2, 0.25) is 5.02 Å². The smallest absolute Gasteiger partial charge is 0.228 e. The first-order chi connectivity index (χ1) is 15.6. The zero-order valence-corrected chi connectivity index (χ0v) is 19.1. The average molecular weight is 446 g/mol. The van der Waals surface area contributed by atoms with E-state index in [0.717, 1.165) is 55.3 Å². The summed E-state index contributed by atoms with van der Waals surface area (Å²) in [6.45, 7) is 5.62. The largest absolute Gasteiger partial charge is 0.341 e. The van der Waals surface area contributed by atoms with Gasteiger partial charge in [0.2, 0.25) is 5.91 Å². The van der Waals surface area contributed by atoms with Gasteiger partial charge in [0.15, 0.2) is 0 Å². The summed E-state index contributed by atoms with van der Waals surface area (Å²) >= 11 is 6.34. The molecule has 1 saturated heterocycles. The Labute approximate surface area is 193 Å². The minimum absolute atomic E-state index is 0.0149. The molecule has 1 aromatic heterocycles. The van der Waals surface area contributed by atoms with Crippen LogP contribution >= 0.6 is 11.6 Å². The van der Waals surface area contributed by atoms with Gasteiger partial charge in [0.1, 0.15) is 0 Å². The van der Waals surface area contributed by atoms with Crippen molar-refractivity contribution in [2.45, 2.75) is 32.9 Å². The third kappa shape index (κ3) is 4.01. The van der Waals surface area contributed by atoms with E-state index in [1.54, 1.807) is 0 Å². The molecule has 1 N–H and O–H groups in total. The molecule has 0 radical (unpaired) electrons. The lowest BCUT2D eigenvalue weighted by atomic mass is 9.96. The van der Waals surface area contributed by atoms with E-state index in [4.69, 9.17) is 11.6 Å². The zero-order valence-electron chi connectivity index (χ0n) is 18.4. The lowest BCUT2D eigenvalue weighted by Gasteiger charge is -2.32. The lowest BCUT2D eigenvalue weighted by molar-refractivity contribution is -0.121. The van der Waals surface area contributed by atoms with Gasteiger partial charge in [-0.2, -0.15) is 0 Å². The van der Waals surface area contributed by atoms with Crippen LogP contribution in [0.4, 0.5) is 5.69 Å². The van der Waals surface area contributed by atoms with E-state index in [1.165, 1.54) is 21.8 Å². The Morgan fingerprint density at radius 2 is 1.81 bits per heavy atom. The number of piperidine rings is 1. The van der Waals surface area contributed by atoms with Gasteiger partial charge >= 0.3 is 0 Å². The van der Waals surface area contributed by atoms with E-state index in [1.807, 2.05) is 24.3 Å². The number of aryl methyl sites for hydroxylation is 1. The molecule has 3 aromatic carbocycles. The van der Waals surface area contributed by atoms with Crippen molar-refractivity contribution in [3.05, 3.63) is 77.3 Å². The maximum atomic E-state index is 13.1. The van der Waals surface area contributed by atoms with Gasteiger partial charge in [-0.1, -0.05) is 48.0 Å². The van der Waals surface area contributed by atoms with Crippen molar-refractivity contribution in [1.29, 1.82) is 0 Å². The van der Waals surface area contributed by atoms with E-state index in [-0.39, 0.29) is 11.8 Å². The summed E-state index contributed by atoms with van der Waals surface area (Å²) in [6, 6.07) is 22.7. The number of aromatic nitrogens is 1. The minimum Gasteiger partial charge on any atom is -0.341 e. The molecule has 4 nitrogen and oxygen atoms in total. The van der Waals surface area contributed by atoms with Crippen LogP contribution in [0.25, 0.3) is 21.8 Å². The molecule has 1 amide bonds. The number of nitrogens with zero attached hydrogens (tertiary/aromatic N) is 2. The summed E-state index contributed by atoms with van der Waals surface area (Å²) in [5.41, 5.74) is 4.42. The number of carbonyl (C=O) groups is 1. The zero-order chi connectivity index (χ0) is 22.1. The van der Waals surface area contributed by atoms with Crippen molar-refractivity contribution >= 4 is 45.0 Å². The molecule has 0 saturated carbocycles. The van der Waals surface area contributed by atoms with Crippen LogP contribution in [0.15, 0.2) is 66.7 Å². The molecule has 1 atom stereocenters. The van der Waals surface area contributed by atoms with Crippen LogP contribution in [0.3, 0.4) is 0 Å². The van der Waals surface area contributed by atoms with E-state index < -0.39 is 0 Å². The van der Waals surface area contributed by atoms with Crippen LogP contribution in [-0.4, -0.2) is 28.5 Å². The molecule has 1 aliphatic heterocycles. The van der Waals surface area contributed by atoms with Crippen molar-refractivity contribution in [2.24, 2.45) is 5.92 Å². The molecular weight excluding hydrogens is 418 g/mol. The molecule has 0 aliphatic carbocycles. The predicted octanol–water partition coefficient (Wildman–Crippen LogP) is 6.32. The van der Waals surface area contributed by atoms with E-state index in [9.17, 15) is 4.79 Å². The number of fused-ring (bicyclic) bond motifs is 3. The fraction of sp³-hybridized carbons (Fsp3) is 0.296. The molecule has 4 aromatic rings. The Morgan fingerprint density at radius 1 is 1.03 bits per heavy atom. The van der Waals surface area contributed by atoms with Gasteiger partial charge in [0.05, 0.1) is 5.92 Å². The predicted molar refractivity (Wildman–Crippen MR) is 133 cm³/mol. The molecule has 32 heavy (non-hydrogen) atoms. The third-order valence-electron chi connectivity index (χ3n) is 6.58. The summed E-state index contributed by atoms with van der Waals surface area (Å²) in [5, 5.41) is 6.39. The number of para-hydroxylation sites is 1. The number of likely N-dealkylation sites (tertiary alicyclic amines) is 1. The summed E-state index contributed by atoms with van der Waals surface area (Å²) in [7, 11) is 0. The van der Waals surface area contributed by atoms with E-state index in [0.29, 0.717) is 0 Å². The number of carbonyl (C=O) groups excluding carboxylic acids is 1.